The molecule has 4 rings (SSSR count). The van der Waals surface area contributed by atoms with Crippen molar-refractivity contribution in [1.29, 1.82) is 0 Å². The van der Waals surface area contributed by atoms with Crippen LogP contribution in [0.4, 0.5) is 0 Å². The van der Waals surface area contributed by atoms with Crippen molar-refractivity contribution in [3.8, 4) is 0 Å². The number of rotatable bonds is 9. The Hall–Kier alpha value is -2.33. The van der Waals surface area contributed by atoms with Crippen LogP contribution in [0.25, 0.3) is 10.1 Å². The van der Waals surface area contributed by atoms with Crippen LogP contribution >= 0.6 is 11.3 Å². The van der Waals surface area contributed by atoms with Crippen LogP contribution in [0.5, 0.6) is 0 Å². The molecule has 1 amide bonds. The molecule has 0 bridgehead atoms. The standard InChI is InChI=1S/C24H30N4O3S2/c1-2-19-4-3-5-20(28-19)11-13-27-33(30,31)21-8-6-17(7-9-21)15-26-24(29)22-14-18-10-12-25-16-23(18)32-22/h6-10,12,14,16,19-20,27-28H,2-5,11,13,15H2,1H3,(H,26,29). The van der Waals surface area contributed by atoms with E-state index < -0.39 is 10.0 Å². The highest BCUT2D eigenvalue weighted by Gasteiger charge is 2.20. The molecule has 9 heteroatoms. The molecular formula is C24H30N4O3S2. The summed E-state index contributed by atoms with van der Waals surface area (Å²) in [5, 5.41) is 7.49. The maximum absolute atomic E-state index is 12.6. The summed E-state index contributed by atoms with van der Waals surface area (Å²) in [5.74, 6) is -0.156. The number of piperidine rings is 1. The summed E-state index contributed by atoms with van der Waals surface area (Å²) in [4.78, 5) is 17.4. The van der Waals surface area contributed by atoms with E-state index in [1.54, 1.807) is 36.7 Å². The lowest BCUT2D eigenvalue weighted by Gasteiger charge is -2.30. The predicted octanol–water partition coefficient (Wildman–Crippen LogP) is 3.82. The van der Waals surface area contributed by atoms with Crippen LogP contribution in [0.1, 0.15) is 54.3 Å². The number of benzene rings is 1. The van der Waals surface area contributed by atoms with Gasteiger partial charge in [0, 0.05) is 37.6 Å². The molecule has 0 spiro atoms. The summed E-state index contributed by atoms with van der Waals surface area (Å²) in [6, 6.07) is 11.3. The van der Waals surface area contributed by atoms with E-state index >= 15 is 0 Å². The van der Waals surface area contributed by atoms with E-state index in [1.165, 1.54) is 24.2 Å². The van der Waals surface area contributed by atoms with Gasteiger partial charge in [-0.05, 0) is 60.9 Å². The second kappa shape index (κ2) is 10.7. The molecule has 2 unspecified atom stereocenters. The zero-order chi connectivity index (χ0) is 23.3. The Bertz CT molecular complexity index is 1160. The number of hydrogen-bond donors (Lipinski definition) is 3. The first-order chi connectivity index (χ1) is 15.9. The Morgan fingerprint density at radius 1 is 1.18 bits per heavy atom. The van der Waals surface area contributed by atoms with Gasteiger partial charge in [0.2, 0.25) is 10.0 Å². The van der Waals surface area contributed by atoms with Crippen LogP contribution in [0, 0.1) is 0 Å². The van der Waals surface area contributed by atoms with Crippen molar-refractivity contribution in [2.45, 2.75) is 62.6 Å². The zero-order valence-electron chi connectivity index (χ0n) is 18.7. The number of sulfonamides is 1. The monoisotopic (exact) mass is 486 g/mol. The number of amides is 1. The van der Waals surface area contributed by atoms with E-state index in [4.69, 9.17) is 0 Å². The number of carbonyl (C=O) groups is 1. The number of pyridine rings is 1. The van der Waals surface area contributed by atoms with E-state index in [1.807, 2.05) is 12.1 Å². The molecule has 3 heterocycles. The van der Waals surface area contributed by atoms with Gasteiger partial charge >= 0.3 is 0 Å². The quantitative estimate of drug-likeness (QED) is 0.427. The lowest BCUT2D eigenvalue weighted by atomic mass is 9.95. The smallest absolute Gasteiger partial charge is 0.261 e. The molecule has 1 fully saturated rings. The van der Waals surface area contributed by atoms with Crippen molar-refractivity contribution in [3.63, 3.8) is 0 Å². The molecule has 176 valence electrons. The van der Waals surface area contributed by atoms with Crippen molar-refractivity contribution in [2.24, 2.45) is 0 Å². The van der Waals surface area contributed by atoms with Crippen molar-refractivity contribution in [2.75, 3.05) is 6.54 Å². The van der Waals surface area contributed by atoms with Crippen molar-refractivity contribution >= 4 is 37.4 Å². The second-order valence-electron chi connectivity index (χ2n) is 8.44. The van der Waals surface area contributed by atoms with Crippen LogP contribution in [0.3, 0.4) is 0 Å². The molecule has 2 aromatic heterocycles. The van der Waals surface area contributed by atoms with Crippen LogP contribution in [-0.4, -0.2) is 37.9 Å². The molecular weight excluding hydrogens is 456 g/mol. The Labute approximate surface area is 199 Å². The van der Waals surface area contributed by atoms with E-state index in [-0.39, 0.29) is 10.8 Å². The Morgan fingerprint density at radius 2 is 1.97 bits per heavy atom. The fourth-order valence-corrected chi connectivity index (χ4v) is 6.16. The minimum Gasteiger partial charge on any atom is -0.347 e. The molecule has 1 aliphatic heterocycles. The van der Waals surface area contributed by atoms with Gasteiger partial charge in [-0.25, -0.2) is 13.1 Å². The molecule has 7 nitrogen and oxygen atoms in total. The number of carbonyl (C=O) groups excluding carboxylic acids is 1. The number of aromatic nitrogens is 1. The van der Waals surface area contributed by atoms with Crippen LogP contribution in [0.2, 0.25) is 0 Å². The van der Waals surface area contributed by atoms with E-state index in [9.17, 15) is 13.2 Å². The van der Waals surface area contributed by atoms with Crippen molar-refractivity contribution in [3.05, 3.63) is 59.2 Å². The third-order valence-corrected chi connectivity index (χ3v) is 8.65. The SMILES string of the molecule is CCC1CCCC(CCNS(=O)(=O)c2ccc(CNC(=O)c3cc4ccncc4s3)cc2)N1. The van der Waals surface area contributed by atoms with Crippen molar-refractivity contribution < 1.29 is 13.2 Å². The average Bonchev–Trinajstić information content (AvgIpc) is 3.27. The highest BCUT2D eigenvalue weighted by atomic mass is 32.2. The molecule has 1 aliphatic rings. The molecule has 1 saturated heterocycles. The lowest BCUT2D eigenvalue weighted by Crippen LogP contribution is -2.43. The van der Waals surface area contributed by atoms with Gasteiger partial charge in [0.25, 0.3) is 5.91 Å². The molecule has 1 aromatic carbocycles. The fourth-order valence-electron chi connectivity index (χ4n) is 4.16. The number of thiophene rings is 1. The minimum absolute atomic E-state index is 0.156. The first-order valence-corrected chi connectivity index (χ1v) is 13.7. The third kappa shape index (κ3) is 6.17. The van der Waals surface area contributed by atoms with Gasteiger partial charge in [-0.3, -0.25) is 9.78 Å². The van der Waals surface area contributed by atoms with Crippen LogP contribution < -0.4 is 15.4 Å². The summed E-state index contributed by atoms with van der Waals surface area (Å²) in [7, 11) is -3.56. The number of fused-ring (bicyclic) bond motifs is 1. The predicted molar refractivity (Wildman–Crippen MR) is 132 cm³/mol. The average molecular weight is 487 g/mol. The third-order valence-electron chi connectivity index (χ3n) is 6.09. The summed E-state index contributed by atoms with van der Waals surface area (Å²) >= 11 is 1.40. The molecule has 0 saturated carbocycles. The largest absolute Gasteiger partial charge is 0.347 e. The van der Waals surface area contributed by atoms with Gasteiger partial charge < -0.3 is 10.6 Å². The highest BCUT2D eigenvalue weighted by Crippen LogP contribution is 2.24. The molecule has 3 N–H and O–H groups in total. The Kier molecular flexibility index (Phi) is 7.75. The maximum Gasteiger partial charge on any atom is 0.261 e. The maximum atomic E-state index is 12.6. The zero-order valence-corrected chi connectivity index (χ0v) is 20.3. The van der Waals surface area contributed by atoms with Gasteiger partial charge in [-0.2, -0.15) is 0 Å². The summed E-state index contributed by atoms with van der Waals surface area (Å²) in [6.07, 6.45) is 8.84. The van der Waals surface area contributed by atoms with Gasteiger partial charge in [-0.15, -0.1) is 11.3 Å². The number of nitrogens with zero attached hydrogens (tertiary/aromatic N) is 1. The molecule has 2 atom stereocenters. The van der Waals surface area contributed by atoms with E-state index in [2.05, 4.69) is 27.3 Å². The Morgan fingerprint density at radius 3 is 2.73 bits per heavy atom. The topological polar surface area (TPSA) is 100 Å². The van der Waals surface area contributed by atoms with Crippen molar-refractivity contribution in [1.82, 2.24) is 20.3 Å². The highest BCUT2D eigenvalue weighted by molar-refractivity contribution is 7.89. The summed E-state index contributed by atoms with van der Waals surface area (Å²) in [6.45, 7) is 2.92. The van der Waals surface area contributed by atoms with E-state index in [0.717, 1.165) is 34.9 Å². The minimum atomic E-state index is -3.56. The van der Waals surface area contributed by atoms with Gasteiger partial charge in [0.15, 0.2) is 0 Å². The van der Waals surface area contributed by atoms with Gasteiger partial charge in [-0.1, -0.05) is 25.5 Å². The normalized spacial score (nSPS) is 18.9. The number of hydrogen-bond acceptors (Lipinski definition) is 6. The van der Waals surface area contributed by atoms with E-state index in [0.29, 0.717) is 30.1 Å². The van der Waals surface area contributed by atoms with Gasteiger partial charge in [0.1, 0.15) is 0 Å². The molecule has 3 aromatic rings. The fraction of sp³-hybridized carbons (Fsp3) is 0.417. The van der Waals surface area contributed by atoms with Crippen LogP contribution in [-0.2, 0) is 16.6 Å². The first-order valence-electron chi connectivity index (χ1n) is 11.4. The summed E-state index contributed by atoms with van der Waals surface area (Å²) in [5.41, 5.74) is 0.835. The van der Waals surface area contributed by atoms with Crippen LogP contribution in [0.15, 0.2) is 53.7 Å². The number of nitrogens with one attached hydrogen (secondary N) is 3. The Balaban J connectivity index is 1.27. The molecule has 0 radical (unpaired) electrons. The lowest BCUT2D eigenvalue weighted by molar-refractivity contribution is 0.0955. The molecule has 33 heavy (non-hydrogen) atoms. The van der Waals surface area contributed by atoms with Gasteiger partial charge in [0.05, 0.1) is 14.5 Å². The second-order valence-corrected chi connectivity index (χ2v) is 11.3. The summed E-state index contributed by atoms with van der Waals surface area (Å²) < 4.78 is 29.0. The first kappa shape index (κ1) is 23.8. The molecule has 0 aliphatic carbocycles.